The van der Waals surface area contributed by atoms with Gasteiger partial charge in [0.05, 0.1) is 12.8 Å². The van der Waals surface area contributed by atoms with E-state index in [1.165, 1.54) is 0 Å². The summed E-state index contributed by atoms with van der Waals surface area (Å²) < 4.78 is 17.1. The smallest absolute Gasteiger partial charge is 0.240 e. The van der Waals surface area contributed by atoms with E-state index in [1.54, 1.807) is 18.3 Å². The van der Waals surface area contributed by atoms with Gasteiger partial charge in [0.25, 0.3) is 0 Å². The molecule has 1 aliphatic rings. The number of carbonyl (C=O) groups is 1. The molecule has 1 aliphatic heterocycles. The van der Waals surface area contributed by atoms with Gasteiger partial charge in [0.2, 0.25) is 12.7 Å². The van der Waals surface area contributed by atoms with E-state index < -0.39 is 0 Å². The van der Waals surface area contributed by atoms with E-state index in [4.69, 9.17) is 25.8 Å². The van der Waals surface area contributed by atoms with Gasteiger partial charge in [-0.05, 0) is 65.2 Å². The fraction of sp³-hybridized carbons (Fsp3) is 0.263. The monoisotopic (exact) mass is 452 g/mol. The molecule has 0 atom stereocenters. The molecule has 0 bridgehead atoms. The first-order chi connectivity index (χ1) is 13.0. The number of nitrogens with zero attached hydrogens (tertiary/aromatic N) is 1. The molecule has 142 valence electrons. The Morgan fingerprint density at radius 3 is 2.89 bits per heavy atom. The number of amides is 1. The maximum absolute atomic E-state index is 11.9. The Balaban J connectivity index is 1.41. The van der Waals surface area contributed by atoms with Crippen molar-refractivity contribution < 1.29 is 19.0 Å². The summed E-state index contributed by atoms with van der Waals surface area (Å²) in [6.45, 7) is 2.57. The number of fused-ring (bicyclic) bond motifs is 1. The molecule has 0 fully saturated rings. The summed E-state index contributed by atoms with van der Waals surface area (Å²) in [5.41, 5.74) is 4.25. The van der Waals surface area contributed by atoms with Gasteiger partial charge in [0.15, 0.2) is 11.5 Å². The molecule has 0 spiro atoms. The largest absolute Gasteiger partial charge is 0.493 e. The minimum atomic E-state index is -0.181. The van der Waals surface area contributed by atoms with Crippen molar-refractivity contribution in [2.45, 2.75) is 19.8 Å². The number of hydrazone groups is 1. The number of hydrogen-bond acceptors (Lipinski definition) is 5. The number of carbonyl (C=O) groups excluding carboxylic acids is 1. The molecule has 0 radical (unpaired) electrons. The molecule has 0 aliphatic carbocycles. The van der Waals surface area contributed by atoms with Gasteiger partial charge in [-0.15, -0.1) is 0 Å². The van der Waals surface area contributed by atoms with Crippen LogP contribution in [0.15, 0.2) is 39.9 Å². The summed E-state index contributed by atoms with van der Waals surface area (Å²) in [4.78, 5) is 11.9. The van der Waals surface area contributed by atoms with E-state index in [-0.39, 0.29) is 12.7 Å². The van der Waals surface area contributed by atoms with E-state index in [1.807, 2.05) is 25.1 Å². The third kappa shape index (κ3) is 5.37. The first kappa shape index (κ1) is 19.5. The zero-order valence-corrected chi connectivity index (χ0v) is 17.0. The topological polar surface area (TPSA) is 69.2 Å². The van der Waals surface area contributed by atoms with E-state index in [9.17, 15) is 4.79 Å². The van der Waals surface area contributed by atoms with Gasteiger partial charge in [-0.25, -0.2) is 5.43 Å². The molecule has 8 heteroatoms. The normalized spacial score (nSPS) is 12.4. The molecule has 0 aromatic heterocycles. The molecule has 1 N–H and O–H groups in total. The van der Waals surface area contributed by atoms with Crippen molar-refractivity contribution in [1.82, 2.24) is 5.43 Å². The van der Waals surface area contributed by atoms with Crippen LogP contribution in [0.5, 0.6) is 17.2 Å². The first-order valence-electron chi connectivity index (χ1n) is 8.33. The highest BCUT2D eigenvalue weighted by Gasteiger charge is 2.15. The fourth-order valence-electron chi connectivity index (χ4n) is 2.45. The minimum Gasteiger partial charge on any atom is -0.493 e. The van der Waals surface area contributed by atoms with Gasteiger partial charge in [-0.3, -0.25) is 4.79 Å². The van der Waals surface area contributed by atoms with Crippen LogP contribution in [-0.2, 0) is 4.79 Å². The third-order valence-electron chi connectivity index (χ3n) is 3.83. The second-order valence-electron chi connectivity index (χ2n) is 5.88. The SMILES string of the molecule is Cc1cc(Cl)ccc1OCCCC(=O)N/N=C/c1cc2c(cc1Br)OCO2. The lowest BCUT2D eigenvalue weighted by Crippen LogP contribution is -2.18. The number of aryl methyl sites for hydroxylation is 1. The van der Waals surface area contributed by atoms with Crippen LogP contribution in [0.3, 0.4) is 0 Å². The summed E-state index contributed by atoms with van der Waals surface area (Å²) in [6.07, 6.45) is 2.45. The molecule has 1 amide bonds. The summed E-state index contributed by atoms with van der Waals surface area (Å²) in [6, 6.07) is 9.05. The summed E-state index contributed by atoms with van der Waals surface area (Å²) >= 11 is 9.35. The van der Waals surface area contributed by atoms with Crippen LogP contribution in [-0.4, -0.2) is 25.5 Å². The molecular weight excluding hydrogens is 436 g/mol. The Kier molecular flexibility index (Phi) is 6.58. The van der Waals surface area contributed by atoms with Crippen molar-refractivity contribution in [3.05, 3.63) is 51.0 Å². The Morgan fingerprint density at radius 1 is 1.33 bits per heavy atom. The van der Waals surface area contributed by atoms with Crippen LogP contribution < -0.4 is 19.6 Å². The maximum atomic E-state index is 11.9. The van der Waals surface area contributed by atoms with E-state index in [2.05, 4.69) is 26.5 Å². The highest BCUT2D eigenvalue weighted by molar-refractivity contribution is 9.10. The van der Waals surface area contributed by atoms with Crippen LogP contribution in [0.1, 0.15) is 24.0 Å². The van der Waals surface area contributed by atoms with Crippen molar-refractivity contribution in [3.63, 3.8) is 0 Å². The van der Waals surface area contributed by atoms with Crippen LogP contribution in [0, 0.1) is 6.92 Å². The molecule has 0 saturated carbocycles. The zero-order valence-electron chi connectivity index (χ0n) is 14.6. The maximum Gasteiger partial charge on any atom is 0.240 e. The number of benzene rings is 2. The molecule has 0 unspecified atom stereocenters. The van der Waals surface area contributed by atoms with Crippen LogP contribution in [0.4, 0.5) is 0 Å². The van der Waals surface area contributed by atoms with Crippen LogP contribution in [0.2, 0.25) is 5.02 Å². The number of rotatable bonds is 7. The van der Waals surface area contributed by atoms with Crippen molar-refractivity contribution >= 4 is 39.7 Å². The summed E-state index contributed by atoms with van der Waals surface area (Å²) in [7, 11) is 0. The number of nitrogens with one attached hydrogen (secondary N) is 1. The number of ether oxygens (including phenoxy) is 3. The predicted molar refractivity (Wildman–Crippen MR) is 107 cm³/mol. The third-order valence-corrected chi connectivity index (χ3v) is 4.75. The Labute approximate surface area is 170 Å². The fourth-order valence-corrected chi connectivity index (χ4v) is 3.10. The van der Waals surface area contributed by atoms with E-state index in [0.717, 1.165) is 21.3 Å². The Hall–Kier alpha value is -2.25. The van der Waals surface area contributed by atoms with Crippen LogP contribution >= 0.6 is 27.5 Å². The lowest BCUT2D eigenvalue weighted by molar-refractivity contribution is -0.121. The van der Waals surface area contributed by atoms with E-state index in [0.29, 0.717) is 36.0 Å². The quantitative estimate of drug-likeness (QED) is 0.382. The molecule has 27 heavy (non-hydrogen) atoms. The van der Waals surface area contributed by atoms with Gasteiger partial charge >= 0.3 is 0 Å². The minimum absolute atomic E-state index is 0.181. The molecule has 3 rings (SSSR count). The zero-order chi connectivity index (χ0) is 19.2. The average molecular weight is 454 g/mol. The molecular formula is C19H18BrClN2O4. The highest BCUT2D eigenvalue weighted by Crippen LogP contribution is 2.36. The summed E-state index contributed by atoms with van der Waals surface area (Å²) in [5, 5.41) is 4.65. The second-order valence-corrected chi connectivity index (χ2v) is 7.17. The van der Waals surface area contributed by atoms with Crippen molar-refractivity contribution in [3.8, 4) is 17.2 Å². The molecule has 0 saturated heterocycles. The lowest BCUT2D eigenvalue weighted by atomic mass is 10.2. The van der Waals surface area contributed by atoms with E-state index >= 15 is 0 Å². The van der Waals surface area contributed by atoms with Gasteiger partial charge in [0, 0.05) is 21.5 Å². The van der Waals surface area contributed by atoms with Crippen molar-refractivity contribution in [2.24, 2.45) is 5.10 Å². The van der Waals surface area contributed by atoms with Gasteiger partial charge < -0.3 is 14.2 Å². The van der Waals surface area contributed by atoms with Gasteiger partial charge in [-0.1, -0.05) is 11.6 Å². The van der Waals surface area contributed by atoms with Gasteiger partial charge in [-0.2, -0.15) is 5.10 Å². The Morgan fingerprint density at radius 2 is 2.11 bits per heavy atom. The standard InChI is InChI=1S/C19H18BrClN2O4/c1-12-7-14(21)4-5-16(12)25-6-2-3-19(24)23-22-10-13-8-17-18(9-15(13)20)27-11-26-17/h4-5,7-10H,2-3,6,11H2,1H3,(H,23,24)/b22-10+. The van der Waals surface area contributed by atoms with Crippen molar-refractivity contribution in [1.29, 1.82) is 0 Å². The van der Waals surface area contributed by atoms with Gasteiger partial charge in [0.1, 0.15) is 5.75 Å². The lowest BCUT2D eigenvalue weighted by Gasteiger charge is -2.08. The van der Waals surface area contributed by atoms with Crippen molar-refractivity contribution in [2.75, 3.05) is 13.4 Å². The number of halogens is 2. The summed E-state index contributed by atoms with van der Waals surface area (Å²) in [5.74, 6) is 1.92. The molecule has 1 heterocycles. The average Bonchev–Trinajstić information content (AvgIpc) is 3.07. The van der Waals surface area contributed by atoms with Crippen LogP contribution in [0.25, 0.3) is 0 Å². The second kappa shape index (κ2) is 9.10. The molecule has 2 aromatic rings. The first-order valence-corrected chi connectivity index (χ1v) is 9.50. The predicted octanol–water partition coefficient (Wildman–Crippen LogP) is 4.45. The highest BCUT2D eigenvalue weighted by atomic mass is 79.9. The molecule has 2 aromatic carbocycles. The Bertz CT molecular complexity index is 873. The number of hydrogen-bond donors (Lipinski definition) is 1. The molecule has 6 nitrogen and oxygen atoms in total.